The van der Waals surface area contributed by atoms with E-state index in [9.17, 15) is 9.59 Å². The molecule has 112 valence electrons. The van der Waals surface area contributed by atoms with Gasteiger partial charge >= 0.3 is 6.09 Å². The molecule has 0 saturated heterocycles. The first kappa shape index (κ1) is 15.0. The standard InChI is InChI=1S/C15H19N3O3/c1-15(2,3)21-14(20)16-9-8-12-17-11-7-5-4-6-10(11)13(19)18-12/h4-7H,8-9H2,1-3H3,(H,16,20)(H,17,18,19). The zero-order valence-electron chi connectivity index (χ0n) is 12.4. The molecular weight excluding hydrogens is 270 g/mol. The fourth-order valence-electron chi connectivity index (χ4n) is 1.85. The Balaban J connectivity index is 1.98. The third-order valence-electron chi connectivity index (χ3n) is 2.69. The van der Waals surface area contributed by atoms with Gasteiger partial charge in [0.25, 0.3) is 5.56 Å². The largest absolute Gasteiger partial charge is 0.444 e. The molecule has 0 aliphatic rings. The van der Waals surface area contributed by atoms with Crippen molar-refractivity contribution in [3.63, 3.8) is 0 Å². The number of aromatic nitrogens is 2. The number of amides is 1. The fourth-order valence-corrected chi connectivity index (χ4v) is 1.85. The van der Waals surface area contributed by atoms with Crippen LogP contribution in [0.25, 0.3) is 10.9 Å². The second-order valence-corrected chi connectivity index (χ2v) is 5.71. The summed E-state index contributed by atoms with van der Waals surface area (Å²) in [5.41, 5.74) is -0.0547. The zero-order chi connectivity index (χ0) is 15.5. The van der Waals surface area contributed by atoms with Crippen molar-refractivity contribution in [3.05, 3.63) is 40.4 Å². The molecule has 6 nitrogen and oxygen atoms in total. The Morgan fingerprint density at radius 2 is 2.05 bits per heavy atom. The summed E-state index contributed by atoms with van der Waals surface area (Å²) in [6, 6.07) is 7.14. The van der Waals surface area contributed by atoms with E-state index in [1.807, 2.05) is 6.07 Å². The van der Waals surface area contributed by atoms with E-state index in [2.05, 4.69) is 15.3 Å². The highest BCUT2D eigenvalue weighted by molar-refractivity contribution is 5.77. The van der Waals surface area contributed by atoms with Crippen LogP contribution in [-0.2, 0) is 11.2 Å². The Kier molecular flexibility index (Phi) is 4.26. The molecular formula is C15H19N3O3. The molecule has 1 amide bonds. The maximum Gasteiger partial charge on any atom is 0.407 e. The second kappa shape index (κ2) is 5.95. The summed E-state index contributed by atoms with van der Waals surface area (Å²) in [5, 5.41) is 3.19. The van der Waals surface area contributed by atoms with Gasteiger partial charge in [0.15, 0.2) is 0 Å². The van der Waals surface area contributed by atoms with Crippen molar-refractivity contribution in [1.82, 2.24) is 15.3 Å². The number of rotatable bonds is 3. The van der Waals surface area contributed by atoms with Crippen molar-refractivity contribution in [2.24, 2.45) is 0 Å². The number of hydrogen-bond acceptors (Lipinski definition) is 4. The predicted molar refractivity (Wildman–Crippen MR) is 80.3 cm³/mol. The number of carbonyl (C=O) groups is 1. The molecule has 6 heteroatoms. The molecule has 0 saturated carbocycles. The normalized spacial score (nSPS) is 11.4. The Morgan fingerprint density at radius 1 is 1.33 bits per heavy atom. The number of ether oxygens (including phenoxy) is 1. The molecule has 0 atom stereocenters. The van der Waals surface area contributed by atoms with Gasteiger partial charge < -0.3 is 15.0 Å². The predicted octanol–water partition coefficient (Wildman–Crippen LogP) is 1.99. The van der Waals surface area contributed by atoms with Gasteiger partial charge in [-0.1, -0.05) is 12.1 Å². The maximum absolute atomic E-state index is 11.9. The maximum atomic E-state index is 11.9. The lowest BCUT2D eigenvalue weighted by atomic mass is 10.2. The van der Waals surface area contributed by atoms with Crippen LogP contribution in [0.4, 0.5) is 4.79 Å². The summed E-state index contributed by atoms with van der Waals surface area (Å²) in [7, 11) is 0. The molecule has 2 rings (SSSR count). The Labute approximate surface area is 122 Å². The molecule has 1 aromatic heterocycles. The van der Waals surface area contributed by atoms with Crippen LogP contribution in [0.3, 0.4) is 0 Å². The van der Waals surface area contributed by atoms with E-state index in [0.717, 1.165) is 0 Å². The Morgan fingerprint density at radius 3 is 2.76 bits per heavy atom. The van der Waals surface area contributed by atoms with Crippen LogP contribution in [0.1, 0.15) is 26.6 Å². The van der Waals surface area contributed by atoms with E-state index in [-0.39, 0.29) is 5.56 Å². The van der Waals surface area contributed by atoms with E-state index in [1.165, 1.54) is 0 Å². The number of aromatic amines is 1. The summed E-state index contributed by atoms with van der Waals surface area (Å²) >= 11 is 0. The van der Waals surface area contributed by atoms with Gasteiger partial charge in [-0.3, -0.25) is 4.79 Å². The van der Waals surface area contributed by atoms with Gasteiger partial charge in [0.1, 0.15) is 11.4 Å². The van der Waals surface area contributed by atoms with Crippen molar-refractivity contribution in [2.45, 2.75) is 32.8 Å². The molecule has 1 heterocycles. The number of alkyl carbamates (subject to hydrolysis) is 1. The summed E-state index contributed by atoms with van der Waals surface area (Å²) in [4.78, 5) is 30.5. The molecule has 0 aliphatic carbocycles. The number of para-hydroxylation sites is 1. The molecule has 0 bridgehead atoms. The van der Waals surface area contributed by atoms with Crippen molar-refractivity contribution in [2.75, 3.05) is 6.54 Å². The van der Waals surface area contributed by atoms with E-state index in [1.54, 1.807) is 39.0 Å². The molecule has 0 fully saturated rings. The highest BCUT2D eigenvalue weighted by Crippen LogP contribution is 2.07. The van der Waals surface area contributed by atoms with Gasteiger partial charge in [0.05, 0.1) is 10.9 Å². The summed E-state index contributed by atoms with van der Waals surface area (Å²) in [5.74, 6) is 0.537. The van der Waals surface area contributed by atoms with Crippen LogP contribution in [0.2, 0.25) is 0 Å². The molecule has 0 radical (unpaired) electrons. The Hall–Kier alpha value is -2.37. The minimum Gasteiger partial charge on any atom is -0.444 e. The van der Waals surface area contributed by atoms with Crippen molar-refractivity contribution in [3.8, 4) is 0 Å². The molecule has 2 N–H and O–H groups in total. The van der Waals surface area contributed by atoms with Crippen LogP contribution in [0.15, 0.2) is 29.1 Å². The molecule has 1 aromatic carbocycles. The number of nitrogens with one attached hydrogen (secondary N) is 2. The van der Waals surface area contributed by atoms with Gasteiger partial charge in [-0.05, 0) is 32.9 Å². The molecule has 21 heavy (non-hydrogen) atoms. The quantitative estimate of drug-likeness (QED) is 0.905. The lowest BCUT2D eigenvalue weighted by molar-refractivity contribution is 0.0528. The first-order chi connectivity index (χ1) is 9.85. The summed E-state index contributed by atoms with van der Waals surface area (Å²) in [6.45, 7) is 5.75. The summed E-state index contributed by atoms with van der Waals surface area (Å²) in [6.07, 6.45) is -0.0510. The molecule has 0 spiro atoms. The van der Waals surface area contributed by atoms with Gasteiger partial charge in [-0.2, -0.15) is 0 Å². The highest BCUT2D eigenvalue weighted by atomic mass is 16.6. The van der Waals surface area contributed by atoms with E-state index < -0.39 is 11.7 Å². The number of carbonyl (C=O) groups excluding carboxylic acids is 1. The fraction of sp³-hybridized carbons (Fsp3) is 0.400. The average molecular weight is 289 g/mol. The summed E-state index contributed by atoms with van der Waals surface area (Å²) < 4.78 is 5.13. The van der Waals surface area contributed by atoms with Gasteiger partial charge in [-0.15, -0.1) is 0 Å². The lowest BCUT2D eigenvalue weighted by Crippen LogP contribution is -2.33. The van der Waals surface area contributed by atoms with E-state index >= 15 is 0 Å². The number of fused-ring (bicyclic) bond motifs is 1. The topological polar surface area (TPSA) is 84.1 Å². The van der Waals surface area contributed by atoms with Crippen LogP contribution in [-0.4, -0.2) is 28.2 Å². The lowest BCUT2D eigenvalue weighted by Gasteiger charge is -2.19. The number of benzene rings is 1. The Bertz CT molecular complexity index is 701. The second-order valence-electron chi connectivity index (χ2n) is 5.71. The van der Waals surface area contributed by atoms with Crippen molar-refractivity contribution < 1.29 is 9.53 Å². The number of H-pyrrole nitrogens is 1. The minimum atomic E-state index is -0.528. The minimum absolute atomic E-state index is 0.173. The van der Waals surface area contributed by atoms with Crippen molar-refractivity contribution >= 4 is 17.0 Å². The van der Waals surface area contributed by atoms with E-state index in [0.29, 0.717) is 29.7 Å². The van der Waals surface area contributed by atoms with Crippen LogP contribution < -0.4 is 10.9 Å². The van der Waals surface area contributed by atoms with Gasteiger partial charge in [-0.25, -0.2) is 9.78 Å². The number of nitrogens with zero attached hydrogens (tertiary/aromatic N) is 1. The van der Waals surface area contributed by atoms with Gasteiger partial charge in [0.2, 0.25) is 0 Å². The average Bonchev–Trinajstić information content (AvgIpc) is 2.36. The highest BCUT2D eigenvalue weighted by Gasteiger charge is 2.15. The zero-order valence-corrected chi connectivity index (χ0v) is 12.4. The molecule has 2 aromatic rings. The van der Waals surface area contributed by atoms with Crippen molar-refractivity contribution in [1.29, 1.82) is 0 Å². The first-order valence-electron chi connectivity index (χ1n) is 6.80. The monoisotopic (exact) mass is 289 g/mol. The third kappa shape index (κ3) is 4.30. The SMILES string of the molecule is CC(C)(C)OC(=O)NCCc1nc2ccccc2c(=O)[nH]1. The third-order valence-corrected chi connectivity index (χ3v) is 2.69. The van der Waals surface area contributed by atoms with E-state index in [4.69, 9.17) is 4.74 Å². The first-order valence-corrected chi connectivity index (χ1v) is 6.80. The molecule has 0 aliphatic heterocycles. The number of hydrogen-bond donors (Lipinski definition) is 2. The van der Waals surface area contributed by atoms with Gasteiger partial charge in [0, 0.05) is 13.0 Å². The molecule has 0 unspecified atom stereocenters. The smallest absolute Gasteiger partial charge is 0.407 e. The van der Waals surface area contributed by atoms with Crippen LogP contribution in [0.5, 0.6) is 0 Å². The van der Waals surface area contributed by atoms with Crippen LogP contribution >= 0.6 is 0 Å². The van der Waals surface area contributed by atoms with Crippen LogP contribution in [0, 0.1) is 0 Å².